The number of rotatable bonds is 6. The van der Waals surface area contributed by atoms with E-state index < -0.39 is 0 Å². The average Bonchev–Trinajstić information content (AvgIpc) is 2.69. The summed E-state index contributed by atoms with van der Waals surface area (Å²) in [6.45, 7) is 2.58. The molecule has 2 N–H and O–H groups in total. The van der Waals surface area contributed by atoms with E-state index in [1.807, 2.05) is 42.3 Å². The zero-order chi connectivity index (χ0) is 18.4. The highest BCUT2D eigenvalue weighted by Crippen LogP contribution is 2.28. The number of nitrogens with zero attached hydrogens (tertiary/aromatic N) is 2. The van der Waals surface area contributed by atoms with Crippen molar-refractivity contribution in [3.05, 3.63) is 48.2 Å². The van der Waals surface area contributed by atoms with E-state index in [4.69, 9.17) is 4.74 Å². The van der Waals surface area contributed by atoms with Crippen LogP contribution >= 0.6 is 24.8 Å². The first-order valence-electron chi connectivity index (χ1n) is 9.02. The van der Waals surface area contributed by atoms with Gasteiger partial charge in [-0.3, -0.25) is 4.79 Å². The fraction of sp³-hybridized carbons (Fsp3) is 0.400. The minimum Gasteiger partial charge on any atom is -0.495 e. The van der Waals surface area contributed by atoms with E-state index in [0.29, 0.717) is 23.0 Å². The van der Waals surface area contributed by atoms with Crippen LogP contribution in [0.4, 0.5) is 11.5 Å². The topological polar surface area (TPSA) is 66.5 Å². The second-order valence-corrected chi connectivity index (χ2v) is 6.52. The molecular formula is C20H28Cl2N4O2. The number of anilines is 2. The molecule has 8 heteroatoms. The van der Waals surface area contributed by atoms with Crippen LogP contribution in [0.25, 0.3) is 0 Å². The molecule has 2 aromatic rings. The van der Waals surface area contributed by atoms with Gasteiger partial charge in [-0.1, -0.05) is 12.1 Å². The Labute approximate surface area is 178 Å². The van der Waals surface area contributed by atoms with Gasteiger partial charge in [0.05, 0.1) is 18.4 Å². The molecule has 28 heavy (non-hydrogen) atoms. The van der Waals surface area contributed by atoms with Gasteiger partial charge < -0.3 is 20.3 Å². The minimum atomic E-state index is 0. The molecule has 0 radical (unpaired) electrons. The van der Waals surface area contributed by atoms with Crippen LogP contribution in [0, 0.1) is 5.92 Å². The molecule has 154 valence electrons. The predicted octanol–water partition coefficient (Wildman–Crippen LogP) is 3.75. The van der Waals surface area contributed by atoms with Crippen LogP contribution in [0.5, 0.6) is 5.75 Å². The van der Waals surface area contributed by atoms with Gasteiger partial charge in [-0.2, -0.15) is 0 Å². The second-order valence-electron chi connectivity index (χ2n) is 6.52. The summed E-state index contributed by atoms with van der Waals surface area (Å²) in [5, 5.41) is 6.47. The van der Waals surface area contributed by atoms with Crippen LogP contribution in [0.2, 0.25) is 0 Å². The Hall–Kier alpha value is -2.02. The Balaban J connectivity index is 0.00000196. The first-order valence-corrected chi connectivity index (χ1v) is 9.02. The fourth-order valence-corrected chi connectivity index (χ4v) is 3.35. The summed E-state index contributed by atoms with van der Waals surface area (Å²) in [7, 11) is 3.60. The third kappa shape index (κ3) is 5.74. The number of pyridine rings is 1. The predicted molar refractivity (Wildman–Crippen MR) is 118 cm³/mol. The Kier molecular flexibility index (Phi) is 10.1. The van der Waals surface area contributed by atoms with Crippen molar-refractivity contribution in [1.29, 1.82) is 0 Å². The van der Waals surface area contributed by atoms with E-state index in [0.717, 1.165) is 38.2 Å². The largest absolute Gasteiger partial charge is 0.495 e. The van der Waals surface area contributed by atoms with Crippen LogP contribution in [0.1, 0.15) is 23.2 Å². The zero-order valence-electron chi connectivity index (χ0n) is 16.2. The molecule has 2 heterocycles. The Bertz CT molecular complexity index is 752. The number of likely N-dealkylation sites (tertiary alicyclic amines) is 1. The second kappa shape index (κ2) is 11.7. The molecule has 6 nitrogen and oxygen atoms in total. The lowest BCUT2D eigenvalue weighted by atomic mass is 9.96. The molecule has 1 aliphatic heterocycles. The minimum absolute atomic E-state index is 0. The van der Waals surface area contributed by atoms with E-state index in [1.54, 1.807) is 19.4 Å². The number of hydrogen-bond donors (Lipinski definition) is 2. The van der Waals surface area contributed by atoms with Crippen molar-refractivity contribution < 1.29 is 9.53 Å². The van der Waals surface area contributed by atoms with Crippen molar-refractivity contribution in [2.24, 2.45) is 5.92 Å². The lowest BCUT2D eigenvalue weighted by molar-refractivity contribution is 0.0691. The van der Waals surface area contributed by atoms with Crippen molar-refractivity contribution in [3.8, 4) is 5.75 Å². The summed E-state index contributed by atoms with van der Waals surface area (Å²) in [6, 6.07) is 11.2. The van der Waals surface area contributed by atoms with Crippen LogP contribution in [-0.4, -0.2) is 49.6 Å². The van der Waals surface area contributed by atoms with E-state index in [-0.39, 0.29) is 30.7 Å². The van der Waals surface area contributed by atoms with Crippen LogP contribution in [-0.2, 0) is 0 Å². The summed E-state index contributed by atoms with van der Waals surface area (Å²) in [5.74, 6) is 1.94. The maximum absolute atomic E-state index is 13.0. The van der Waals surface area contributed by atoms with Gasteiger partial charge in [0.2, 0.25) is 0 Å². The third-order valence-corrected chi connectivity index (χ3v) is 4.79. The molecule has 1 aromatic heterocycles. The van der Waals surface area contributed by atoms with Crippen molar-refractivity contribution in [2.45, 2.75) is 12.8 Å². The number of ether oxygens (including phenoxy) is 1. The Morgan fingerprint density at radius 1 is 1.18 bits per heavy atom. The summed E-state index contributed by atoms with van der Waals surface area (Å²) in [4.78, 5) is 19.3. The molecule has 1 fully saturated rings. The number of para-hydroxylation sites is 2. The molecule has 1 aromatic carbocycles. The van der Waals surface area contributed by atoms with Gasteiger partial charge in [-0.05, 0) is 56.6 Å². The van der Waals surface area contributed by atoms with Gasteiger partial charge in [-0.25, -0.2) is 4.98 Å². The lowest BCUT2D eigenvalue weighted by Gasteiger charge is -2.32. The first-order chi connectivity index (χ1) is 12.7. The van der Waals surface area contributed by atoms with E-state index in [2.05, 4.69) is 15.6 Å². The van der Waals surface area contributed by atoms with Gasteiger partial charge in [-0.15, -0.1) is 24.8 Å². The Morgan fingerprint density at radius 2 is 1.89 bits per heavy atom. The summed E-state index contributed by atoms with van der Waals surface area (Å²) in [5.41, 5.74) is 1.38. The SMILES string of the molecule is CNCC1CCN(C(=O)c2cccnc2Nc2ccccc2OC)CC1.Cl.Cl. The molecule has 0 spiro atoms. The molecule has 1 saturated heterocycles. The molecule has 0 saturated carbocycles. The molecule has 1 amide bonds. The number of benzene rings is 1. The molecule has 0 aliphatic carbocycles. The number of hydrogen-bond acceptors (Lipinski definition) is 5. The van der Waals surface area contributed by atoms with Gasteiger partial charge in [0.25, 0.3) is 5.91 Å². The summed E-state index contributed by atoms with van der Waals surface area (Å²) < 4.78 is 5.38. The quantitative estimate of drug-likeness (QED) is 0.735. The number of carbonyl (C=O) groups excluding carboxylic acids is 1. The van der Waals surface area contributed by atoms with Crippen molar-refractivity contribution in [2.75, 3.05) is 39.1 Å². The van der Waals surface area contributed by atoms with Gasteiger partial charge in [0.1, 0.15) is 11.6 Å². The van der Waals surface area contributed by atoms with E-state index >= 15 is 0 Å². The maximum atomic E-state index is 13.0. The number of halogens is 2. The molecule has 0 bridgehead atoms. The highest BCUT2D eigenvalue weighted by molar-refractivity contribution is 5.99. The number of amides is 1. The number of methoxy groups -OCH3 is 1. The van der Waals surface area contributed by atoms with E-state index in [1.165, 1.54) is 0 Å². The summed E-state index contributed by atoms with van der Waals surface area (Å²) >= 11 is 0. The number of aromatic nitrogens is 1. The van der Waals surface area contributed by atoms with Gasteiger partial charge in [0.15, 0.2) is 0 Å². The van der Waals surface area contributed by atoms with Crippen LogP contribution in [0.3, 0.4) is 0 Å². The smallest absolute Gasteiger partial charge is 0.257 e. The third-order valence-electron chi connectivity index (χ3n) is 4.79. The van der Waals surface area contributed by atoms with E-state index in [9.17, 15) is 4.79 Å². The summed E-state index contributed by atoms with van der Waals surface area (Å²) in [6.07, 6.45) is 3.75. The lowest BCUT2D eigenvalue weighted by Crippen LogP contribution is -2.40. The maximum Gasteiger partial charge on any atom is 0.257 e. The fourth-order valence-electron chi connectivity index (χ4n) is 3.35. The van der Waals surface area contributed by atoms with Crippen molar-refractivity contribution in [1.82, 2.24) is 15.2 Å². The number of piperidine rings is 1. The first kappa shape index (κ1) is 24.0. The zero-order valence-corrected chi connectivity index (χ0v) is 17.8. The van der Waals surface area contributed by atoms with Crippen molar-refractivity contribution >= 4 is 42.2 Å². The molecule has 3 rings (SSSR count). The van der Waals surface area contributed by atoms with Crippen LogP contribution < -0.4 is 15.4 Å². The standard InChI is InChI=1S/C20H26N4O2.2ClH/c1-21-14-15-9-12-24(13-10-15)20(25)16-6-5-11-22-19(16)23-17-7-3-4-8-18(17)26-2;;/h3-8,11,15,21H,9-10,12-14H2,1-2H3,(H,22,23);2*1H. The highest BCUT2D eigenvalue weighted by Gasteiger charge is 2.25. The number of carbonyl (C=O) groups is 1. The van der Waals surface area contributed by atoms with Gasteiger partial charge >= 0.3 is 0 Å². The highest BCUT2D eigenvalue weighted by atomic mass is 35.5. The van der Waals surface area contributed by atoms with Gasteiger partial charge in [0, 0.05) is 19.3 Å². The average molecular weight is 427 g/mol. The molecule has 0 atom stereocenters. The van der Waals surface area contributed by atoms with Crippen LogP contribution in [0.15, 0.2) is 42.6 Å². The normalized spacial score (nSPS) is 13.9. The van der Waals surface area contributed by atoms with Crippen molar-refractivity contribution in [3.63, 3.8) is 0 Å². The molecule has 0 unspecified atom stereocenters. The molecule has 1 aliphatic rings. The monoisotopic (exact) mass is 426 g/mol. The molecular weight excluding hydrogens is 399 g/mol. The number of nitrogens with one attached hydrogen (secondary N) is 2. The Morgan fingerprint density at radius 3 is 2.57 bits per heavy atom.